The number of rotatable bonds is 12. The molecule has 10 heteroatoms. The summed E-state index contributed by atoms with van der Waals surface area (Å²) >= 11 is 12.5. The number of hydrogen-bond donors (Lipinski definition) is 1. The number of carbonyl (C=O) groups is 2. The van der Waals surface area contributed by atoms with Gasteiger partial charge in [0.05, 0.1) is 10.6 Å². The maximum atomic E-state index is 14.3. The van der Waals surface area contributed by atoms with Gasteiger partial charge in [0.2, 0.25) is 11.8 Å². The van der Waals surface area contributed by atoms with E-state index in [2.05, 4.69) is 5.32 Å². The molecule has 0 bridgehead atoms. The molecule has 218 valence electrons. The Kier molecular flexibility index (Phi) is 10.6. The van der Waals surface area contributed by atoms with Crippen molar-refractivity contribution in [2.45, 2.75) is 30.8 Å². The minimum Gasteiger partial charge on any atom is -0.355 e. The Morgan fingerprint density at radius 1 is 0.786 bits per heavy atom. The molecule has 0 radical (unpaired) electrons. The molecule has 1 atom stereocenters. The van der Waals surface area contributed by atoms with E-state index in [1.807, 2.05) is 30.3 Å². The number of benzene rings is 4. The number of nitrogens with zero attached hydrogens (tertiary/aromatic N) is 2. The van der Waals surface area contributed by atoms with Gasteiger partial charge >= 0.3 is 0 Å². The molecule has 0 aliphatic carbocycles. The first kappa shape index (κ1) is 31.1. The largest absolute Gasteiger partial charge is 0.355 e. The minimum atomic E-state index is -4.19. The number of likely N-dealkylation sites (N-methyl/N-ethyl adjacent to an activating group) is 1. The highest BCUT2D eigenvalue weighted by Crippen LogP contribution is 2.27. The summed E-state index contributed by atoms with van der Waals surface area (Å²) in [7, 11) is -4.19. The Labute approximate surface area is 256 Å². The van der Waals surface area contributed by atoms with Crippen LogP contribution in [0.1, 0.15) is 18.1 Å². The summed E-state index contributed by atoms with van der Waals surface area (Å²) < 4.78 is 28.9. The maximum Gasteiger partial charge on any atom is 0.264 e. The number of anilines is 1. The average Bonchev–Trinajstić information content (AvgIpc) is 2.98. The van der Waals surface area contributed by atoms with Crippen molar-refractivity contribution in [2.75, 3.05) is 17.4 Å². The quantitative estimate of drug-likeness (QED) is 0.211. The summed E-state index contributed by atoms with van der Waals surface area (Å²) in [4.78, 5) is 29.2. The zero-order valence-electron chi connectivity index (χ0n) is 23.0. The van der Waals surface area contributed by atoms with Crippen molar-refractivity contribution in [3.05, 3.63) is 130 Å². The summed E-state index contributed by atoms with van der Waals surface area (Å²) in [5.74, 6) is -0.918. The first-order valence-corrected chi connectivity index (χ1v) is 15.6. The van der Waals surface area contributed by atoms with Crippen LogP contribution < -0.4 is 9.62 Å². The van der Waals surface area contributed by atoms with E-state index in [9.17, 15) is 18.0 Å². The number of nitrogens with one attached hydrogen (secondary N) is 1. The number of halogens is 2. The average molecular weight is 625 g/mol. The molecule has 4 rings (SSSR count). The van der Waals surface area contributed by atoms with E-state index in [4.69, 9.17) is 23.2 Å². The van der Waals surface area contributed by atoms with E-state index >= 15 is 0 Å². The predicted octanol–water partition coefficient (Wildman–Crippen LogP) is 5.96. The molecule has 7 nitrogen and oxygen atoms in total. The Bertz CT molecular complexity index is 1620. The van der Waals surface area contributed by atoms with E-state index < -0.39 is 28.5 Å². The van der Waals surface area contributed by atoms with Gasteiger partial charge in [-0.25, -0.2) is 8.42 Å². The van der Waals surface area contributed by atoms with Crippen molar-refractivity contribution in [1.82, 2.24) is 10.2 Å². The Morgan fingerprint density at radius 2 is 1.38 bits per heavy atom. The number of hydrogen-bond acceptors (Lipinski definition) is 4. The van der Waals surface area contributed by atoms with Crippen molar-refractivity contribution in [1.29, 1.82) is 0 Å². The SMILES string of the molecule is CCNC(=O)C(Cc1ccccc1)N(Cc1cccc(Cl)c1)C(=O)CN(c1cccc(Cl)c1)S(=O)(=O)c1ccccc1. The van der Waals surface area contributed by atoms with Crippen LogP contribution in [0.25, 0.3) is 0 Å². The molecule has 4 aromatic carbocycles. The van der Waals surface area contributed by atoms with Crippen LogP contribution >= 0.6 is 23.2 Å². The van der Waals surface area contributed by atoms with Gasteiger partial charge in [0, 0.05) is 29.6 Å². The van der Waals surface area contributed by atoms with Gasteiger partial charge in [0.15, 0.2) is 0 Å². The van der Waals surface area contributed by atoms with E-state index in [1.165, 1.54) is 23.1 Å². The van der Waals surface area contributed by atoms with Crippen LogP contribution in [0.2, 0.25) is 10.0 Å². The van der Waals surface area contributed by atoms with Gasteiger partial charge in [-0.05, 0) is 60.5 Å². The third-order valence-corrected chi connectivity index (χ3v) is 8.83. The predicted molar refractivity (Wildman–Crippen MR) is 167 cm³/mol. The standard InChI is InChI=1S/C32H31Cl2N3O4S/c1-2-35-32(39)30(20-24-11-5-3-6-12-24)36(22-25-13-9-14-26(33)19-25)31(38)23-37(28-16-10-15-27(34)21-28)42(40,41)29-17-7-4-8-18-29/h3-19,21,30H,2,20,22-23H2,1H3,(H,35,39). The fourth-order valence-corrected chi connectivity index (χ4v) is 6.38. The van der Waals surface area contributed by atoms with Gasteiger partial charge in [-0.3, -0.25) is 13.9 Å². The van der Waals surface area contributed by atoms with Crippen LogP contribution in [0.3, 0.4) is 0 Å². The van der Waals surface area contributed by atoms with E-state index in [1.54, 1.807) is 67.6 Å². The summed E-state index contributed by atoms with van der Waals surface area (Å²) in [6, 6.07) is 29.6. The third-order valence-electron chi connectivity index (χ3n) is 6.57. The molecule has 4 aromatic rings. The van der Waals surface area contributed by atoms with Crippen molar-refractivity contribution in [2.24, 2.45) is 0 Å². The lowest BCUT2D eigenvalue weighted by atomic mass is 10.0. The molecule has 0 aromatic heterocycles. The Hall–Kier alpha value is -3.85. The third kappa shape index (κ3) is 7.91. The molecule has 0 saturated heterocycles. The highest BCUT2D eigenvalue weighted by Gasteiger charge is 2.34. The first-order chi connectivity index (χ1) is 20.2. The fourth-order valence-electron chi connectivity index (χ4n) is 4.56. The van der Waals surface area contributed by atoms with Crippen LogP contribution in [-0.2, 0) is 32.6 Å². The molecule has 0 heterocycles. The lowest BCUT2D eigenvalue weighted by molar-refractivity contribution is -0.140. The van der Waals surface area contributed by atoms with Crippen molar-refractivity contribution >= 4 is 50.7 Å². The normalized spacial score (nSPS) is 11.9. The fraction of sp³-hybridized carbons (Fsp3) is 0.188. The van der Waals surface area contributed by atoms with Crippen LogP contribution in [0.5, 0.6) is 0 Å². The second-order valence-electron chi connectivity index (χ2n) is 9.56. The van der Waals surface area contributed by atoms with Gasteiger partial charge in [-0.1, -0.05) is 89.9 Å². The van der Waals surface area contributed by atoms with E-state index in [0.717, 1.165) is 9.87 Å². The molecule has 0 aliphatic heterocycles. The summed E-state index contributed by atoms with van der Waals surface area (Å²) in [6.07, 6.45) is 0.224. The Balaban J connectivity index is 1.79. The summed E-state index contributed by atoms with van der Waals surface area (Å²) in [5, 5.41) is 3.63. The van der Waals surface area contributed by atoms with Crippen molar-refractivity contribution in [3.63, 3.8) is 0 Å². The Morgan fingerprint density at radius 3 is 2.00 bits per heavy atom. The smallest absolute Gasteiger partial charge is 0.264 e. The molecular formula is C32H31Cl2N3O4S. The zero-order valence-corrected chi connectivity index (χ0v) is 25.3. The van der Waals surface area contributed by atoms with Crippen LogP contribution in [0, 0.1) is 0 Å². The van der Waals surface area contributed by atoms with Gasteiger partial charge in [0.1, 0.15) is 12.6 Å². The second kappa shape index (κ2) is 14.4. The summed E-state index contributed by atoms with van der Waals surface area (Å²) in [5.41, 5.74) is 1.76. The lowest BCUT2D eigenvalue weighted by Crippen LogP contribution is -2.53. The highest BCUT2D eigenvalue weighted by atomic mass is 35.5. The molecule has 0 spiro atoms. The number of carbonyl (C=O) groups excluding carboxylic acids is 2. The van der Waals surface area contributed by atoms with Gasteiger partial charge in [-0.2, -0.15) is 0 Å². The lowest BCUT2D eigenvalue weighted by Gasteiger charge is -2.34. The molecule has 1 N–H and O–H groups in total. The minimum absolute atomic E-state index is 0.0173. The summed E-state index contributed by atoms with van der Waals surface area (Å²) in [6.45, 7) is 1.62. The zero-order chi connectivity index (χ0) is 30.1. The molecule has 0 fully saturated rings. The highest BCUT2D eigenvalue weighted by molar-refractivity contribution is 7.92. The molecule has 42 heavy (non-hydrogen) atoms. The van der Waals surface area contributed by atoms with Gasteiger partial charge in [0.25, 0.3) is 10.0 Å². The maximum absolute atomic E-state index is 14.3. The van der Waals surface area contributed by atoms with Crippen molar-refractivity contribution in [3.8, 4) is 0 Å². The first-order valence-electron chi connectivity index (χ1n) is 13.4. The molecular weight excluding hydrogens is 593 g/mol. The van der Waals surface area contributed by atoms with Gasteiger partial charge < -0.3 is 10.2 Å². The van der Waals surface area contributed by atoms with Crippen LogP contribution in [0.15, 0.2) is 114 Å². The van der Waals surface area contributed by atoms with E-state index in [-0.39, 0.29) is 29.5 Å². The monoisotopic (exact) mass is 623 g/mol. The molecule has 0 saturated carbocycles. The number of amides is 2. The number of sulfonamides is 1. The van der Waals surface area contributed by atoms with E-state index in [0.29, 0.717) is 22.2 Å². The molecule has 0 aliphatic rings. The topological polar surface area (TPSA) is 86.8 Å². The van der Waals surface area contributed by atoms with Crippen LogP contribution in [0.4, 0.5) is 5.69 Å². The van der Waals surface area contributed by atoms with Crippen molar-refractivity contribution < 1.29 is 18.0 Å². The van der Waals surface area contributed by atoms with Crippen LogP contribution in [-0.4, -0.2) is 44.3 Å². The molecule has 1 unspecified atom stereocenters. The van der Waals surface area contributed by atoms with Gasteiger partial charge in [-0.15, -0.1) is 0 Å². The molecule has 2 amide bonds. The second-order valence-corrected chi connectivity index (χ2v) is 12.3.